The Morgan fingerprint density at radius 2 is 1.76 bits per heavy atom. The molecule has 0 aliphatic heterocycles. The summed E-state index contributed by atoms with van der Waals surface area (Å²) in [7, 11) is 0. The zero-order chi connectivity index (χ0) is 12.8. The lowest BCUT2D eigenvalue weighted by atomic mass is 10.1. The molecule has 4 heteroatoms. The molecule has 2 unspecified atom stereocenters. The summed E-state index contributed by atoms with van der Waals surface area (Å²) in [6, 6.07) is 3.61. The van der Waals surface area contributed by atoms with Crippen molar-refractivity contribution in [3.8, 4) is 0 Å². The van der Waals surface area contributed by atoms with E-state index in [0.29, 0.717) is 10.8 Å². The van der Waals surface area contributed by atoms with Crippen LogP contribution in [0.4, 0.5) is 8.78 Å². The molecule has 0 spiro atoms. The monoisotopic (exact) mass is 259 g/mol. The van der Waals surface area contributed by atoms with Gasteiger partial charge in [-0.1, -0.05) is 6.92 Å². The second-order valence-corrected chi connectivity index (χ2v) is 5.49. The van der Waals surface area contributed by atoms with Crippen molar-refractivity contribution in [3.63, 3.8) is 0 Å². The van der Waals surface area contributed by atoms with Gasteiger partial charge in [0.15, 0.2) is 0 Å². The standard InChI is InChI=1S/C13H19F2NS/c1-9(17-3)4-5-16-10(2)11-6-12(14)8-13(15)7-11/h6-10,16H,4-5H2,1-3H3. The van der Waals surface area contributed by atoms with E-state index in [2.05, 4.69) is 18.5 Å². The van der Waals surface area contributed by atoms with Gasteiger partial charge in [0.05, 0.1) is 0 Å². The molecule has 0 aromatic heterocycles. The average molecular weight is 259 g/mol. The smallest absolute Gasteiger partial charge is 0.126 e. The number of hydrogen-bond acceptors (Lipinski definition) is 2. The number of hydrogen-bond donors (Lipinski definition) is 1. The molecule has 96 valence electrons. The maximum absolute atomic E-state index is 13.0. The summed E-state index contributed by atoms with van der Waals surface area (Å²) in [5.41, 5.74) is 0.652. The van der Waals surface area contributed by atoms with E-state index in [0.717, 1.165) is 19.0 Å². The molecule has 1 aromatic rings. The molecule has 17 heavy (non-hydrogen) atoms. The van der Waals surface area contributed by atoms with Gasteiger partial charge in [-0.15, -0.1) is 0 Å². The number of nitrogens with one attached hydrogen (secondary N) is 1. The number of halogens is 2. The van der Waals surface area contributed by atoms with Crippen molar-refractivity contribution in [1.29, 1.82) is 0 Å². The summed E-state index contributed by atoms with van der Waals surface area (Å²) >= 11 is 1.82. The molecule has 1 aromatic carbocycles. The third kappa shape index (κ3) is 5.04. The first kappa shape index (κ1) is 14.5. The second-order valence-electron chi connectivity index (χ2n) is 4.21. The number of thioether (sulfide) groups is 1. The van der Waals surface area contributed by atoms with Crippen LogP contribution in [0, 0.1) is 11.6 Å². The van der Waals surface area contributed by atoms with E-state index < -0.39 is 11.6 Å². The van der Waals surface area contributed by atoms with Crippen molar-refractivity contribution in [2.75, 3.05) is 12.8 Å². The fourth-order valence-electron chi connectivity index (χ4n) is 1.56. The molecular formula is C13H19F2NS. The van der Waals surface area contributed by atoms with Crippen molar-refractivity contribution < 1.29 is 8.78 Å². The largest absolute Gasteiger partial charge is 0.310 e. The molecular weight excluding hydrogens is 240 g/mol. The highest BCUT2D eigenvalue weighted by molar-refractivity contribution is 7.99. The highest BCUT2D eigenvalue weighted by atomic mass is 32.2. The van der Waals surface area contributed by atoms with Gasteiger partial charge in [-0.3, -0.25) is 0 Å². The summed E-state index contributed by atoms with van der Waals surface area (Å²) in [6.45, 7) is 4.93. The third-order valence-corrected chi connectivity index (χ3v) is 3.83. The molecule has 1 rings (SSSR count). The molecule has 1 nitrogen and oxygen atoms in total. The predicted molar refractivity (Wildman–Crippen MR) is 70.4 cm³/mol. The molecule has 0 saturated heterocycles. The molecule has 0 saturated carbocycles. The van der Waals surface area contributed by atoms with E-state index in [9.17, 15) is 8.78 Å². The molecule has 0 fully saturated rings. The maximum Gasteiger partial charge on any atom is 0.126 e. The van der Waals surface area contributed by atoms with Crippen molar-refractivity contribution in [2.24, 2.45) is 0 Å². The summed E-state index contributed by atoms with van der Waals surface area (Å²) < 4.78 is 26.0. The lowest BCUT2D eigenvalue weighted by Crippen LogP contribution is -2.22. The highest BCUT2D eigenvalue weighted by Crippen LogP contribution is 2.16. The van der Waals surface area contributed by atoms with E-state index >= 15 is 0 Å². The van der Waals surface area contributed by atoms with Gasteiger partial charge in [0.1, 0.15) is 11.6 Å². The van der Waals surface area contributed by atoms with Crippen LogP contribution in [0.25, 0.3) is 0 Å². The molecule has 0 heterocycles. The molecule has 2 atom stereocenters. The highest BCUT2D eigenvalue weighted by Gasteiger charge is 2.08. The van der Waals surface area contributed by atoms with Crippen molar-refractivity contribution >= 4 is 11.8 Å². The van der Waals surface area contributed by atoms with Gasteiger partial charge >= 0.3 is 0 Å². The summed E-state index contributed by atoms with van der Waals surface area (Å²) in [5, 5.41) is 3.87. The van der Waals surface area contributed by atoms with E-state index in [1.54, 1.807) is 0 Å². The molecule has 1 N–H and O–H groups in total. The Hall–Kier alpha value is -0.610. The zero-order valence-electron chi connectivity index (χ0n) is 10.5. The van der Waals surface area contributed by atoms with Gasteiger partial charge in [0, 0.05) is 17.4 Å². The van der Waals surface area contributed by atoms with E-state index in [1.807, 2.05) is 18.7 Å². The van der Waals surface area contributed by atoms with Crippen LogP contribution in [0.5, 0.6) is 0 Å². The van der Waals surface area contributed by atoms with Crippen LogP contribution < -0.4 is 5.32 Å². The van der Waals surface area contributed by atoms with Gasteiger partial charge < -0.3 is 5.32 Å². The van der Waals surface area contributed by atoms with Gasteiger partial charge in [0.25, 0.3) is 0 Å². The van der Waals surface area contributed by atoms with Crippen LogP contribution >= 0.6 is 11.8 Å². The SMILES string of the molecule is CSC(C)CCNC(C)c1cc(F)cc(F)c1. The summed E-state index contributed by atoms with van der Waals surface area (Å²) in [6.07, 6.45) is 3.12. The predicted octanol–water partition coefficient (Wildman–Crippen LogP) is 3.76. The number of benzene rings is 1. The maximum atomic E-state index is 13.0. The molecule has 0 radical (unpaired) electrons. The van der Waals surface area contributed by atoms with Gasteiger partial charge in [-0.25, -0.2) is 8.78 Å². The molecule has 0 amide bonds. The second kappa shape index (κ2) is 6.97. The van der Waals surface area contributed by atoms with Gasteiger partial charge in [-0.2, -0.15) is 11.8 Å². The van der Waals surface area contributed by atoms with Crippen LogP contribution in [0.1, 0.15) is 31.9 Å². The first-order chi connectivity index (χ1) is 8.02. The first-order valence-corrected chi connectivity index (χ1v) is 7.04. The van der Waals surface area contributed by atoms with E-state index in [1.165, 1.54) is 12.1 Å². The fourth-order valence-corrected chi connectivity index (χ4v) is 1.92. The Morgan fingerprint density at radius 3 is 2.29 bits per heavy atom. The van der Waals surface area contributed by atoms with Crippen molar-refractivity contribution in [2.45, 2.75) is 31.6 Å². The van der Waals surface area contributed by atoms with Crippen LogP contribution in [0.2, 0.25) is 0 Å². The van der Waals surface area contributed by atoms with E-state index in [-0.39, 0.29) is 6.04 Å². The fraction of sp³-hybridized carbons (Fsp3) is 0.538. The lowest BCUT2D eigenvalue weighted by Gasteiger charge is -2.16. The minimum Gasteiger partial charge on any atom is -0.310 e. The summed E-state index contributed by atoms with van der Waals surface area (Å²) in [5.74, 6) is -1.04. The zero-order valence-corrected chi connectivity index (χ0v) is 11.3. The van der Waals surface area contributed by atoms with Gasteiger partial charge in [-0.05, 0) is 43.8 Å². The third-order valence-electron chi connectivity index (χ3n) is 2.79. The minimum absolute atomic E-state index is 0.0331. The normalized spacial score (nSPS) is 14.6. The Labute approximate surface area is 106 Å². The first-order valence-electron chi connectivity index (χ1n) is 5.75. The summed E-state index contributed by atoms with van der Waals surface area (Å²) in [4.78, 5) is 0. The minimum atomic E-state index is -0.522. The van der Waals surface area contributed by atoms with E-state index in [4.69, 9.17) is 0 Å². The van der Waals surface area contributed by atoms with Crippen molar-refractivity contribution in [3.05, 3.63) is 35.4 Å². The molecule has 0 aliphatic rings. The molecule has 0 bridgehead atoms. The Morgan fingerprint density at radius 1 is 1.18 bits per heavy atom. The van der Waals surface area contributed by atoms with Crippen LogP contribution in [0.3, 0.4) is 0 Å². The molecule has 0 aliphatic carbocycles. The Balaban J connectivity index is 2.49. The number of rotatable bonds is 6. The Kier molecular flexibility index (Phi) is 5.92. The topological polar surface area (TPSA) is 12.0 Å². The average Bonchev–Trinajstić information content (AvgIpc) is 2.27. The van der Waals surface area contributed by atoms with Crippen LogP contribution in [-0.4, -0.2) is 18.1 Å². The van der Waals surface area contributed by atoms with Gasteiger partial charge in [0.2, 0.25) is 0 Å². The van der Waals surface area contributed by atoms with Crippen molar-refractivity contribution in [1.82, 2.24) is 5.32 Å². The quantitative estimate of drug-likeness (QED) is 0.835. The van der Waals surface area contributed by atoms with Crippen LogP contribution in [0.15, 0.2) is 18.2 Å². The Bertz CT molecular complexity index is 337. The van der Waals surface area contributed by atoms with Crippen LogP contribution in [-0.2, 0) is 0 Å². The lowest BCUT2D eigenvalue weighted by molar-refractivity contribution is 0.537.